The Kier molecular flexibility index (Phi) is 4.23. The van der Waals surface area contributed by atoms with Crippen molar-refractivity contribution in [2.24, 2.45) is 5.92 Å². The molecule has 0 unspecified atom stereocenters. The predicted molar refractivity (Wildman–Crippen MR) is 85.2 cm³/mol. The normalized spacial score (nSPS) is 16.2. The number of aromatic nitrogens is 2. The van der Waals surface area contributed by atoms with Crippen LogP contribution in [-0.2, 0) is 11.3 Å². The van der Waals surface area contributed by atoms with E-state index in [9.17, 15) is 4.79 Å². The van der Waals surface area contributed by atoms with E-state index in [4.69, 9.17) is 0 Å². The Balaban J connectivity index is 1.85. The molecule has 0 aliphatic heterocycles. The van der Waals surface area contributed by atoms with Crippen LogP contribution in [0, 0.1) is 5.92 Å². The van der Waals surface area contributed by atoms with Crippen LogP contribution in [0.25, 0.3) is 11.0 Å². The number of nitrogens with zero attached hydrogens (tertiary/aromatic N) is 2. The van der Waals surface area contributed by atoms with Crippen molar-refractivity contribution in [2.75, 3.05) is 5.32 Å². The van der Waals surface area contributed by atoms with E-state index < -0.39 is 0 Å². The molecule has 2 aromatic rings. The minimum Gasteiger partial charge on any atom is -0.310 e. The van der Waals surface area contributed by atoms with Crippen molar-refractivity contribution in [3.8, 4) is 0 Å². The van der Waals surface area contributed by atoms with Gasteiger partial charge in [0.25, 0.3) is 0 Å². The molecule has 4 nitrogen and oxygen atoms in total. The second-order valence-corrected chi connectivity index (χ2v) is 5.90. The molecule has 0 radical (unpaired) electrons. The fraction of sp³-hybridized carbons (Fsp3) is 0.529. The average molecular weight is 285 g/mol. The first-order chi connectivity index (χ1) is 10.3. The second kappa shape index (κ2) is 6.29. The van der Waals surface area contributed by atoms with E-state index in [-0.39, 0.29) is 11.8 Å². The van der Waals surface area contributed by atoms with E-state index >= 15 is 0 Å². The summed E-state index contributed by atoms with van der Waals surface area (Å²) in [6.45, 7) is 3.02. The first-order valence-corrected chi connectivity index (χ1v) is 8.05. The number of benzene rings is 1. The van der Waals surface area contributed by atoms with E-state index in [1.807, 2.05) is 18.2 Å². The number of nitrogens with one attached hydrogen (secondary N) is 1. The van der Waals surface area contributed by atoms with Gasteiger partial charge in [-0.15, -0.1) is 0 Å². The summed E-state index contributed by atoms with van der Waals surface area (Å²) in [5, 5.41) is 3.07. The molecule has 112 valence electrons. The van der Waals surface area contributed by atoms with Crippen molar-refractivity contribution < 1.29 is 4.79 Å². The summed E-state index contributed by atoms with van der Waals surface area (Å²) in [5.74, 6) is 1.00. The van der Waals surface area contributed by atoms with E-state index in [1.54, 1.807) is 0 Å². The Labute approximate surface area is 125 Å². The highest BCUT2D eigenvalue weighted by molar-refractivity contribution is 5.93. The molecular formula is C17H23N3O. The summed E-state index contributed by atoms with van der Waals surface area (Å²) >= 11 is 0. The van der Waals surface area contributed by atoms with Crippen molar-refractivity contribution in [3.63, 3.8) is 0 Å². The Morgan fingerprint density at radius 1 is 1.29 bits per heavy atom. The molecule has 4 heteroatoms. The van der Waals surface area contributed by atoms with Crippen LogP contribution in [0.15, 0.2) is 24.3 Å². The van der Waals surface area contributed by atoms with Gasteiger partial charge in [-0.25, -0.2) is 4.98 Å². The molecule has 1 aliphatic rings. The van der Waals surface area contributed by atoms with E-state index in [2.05, 4.69) is 27.9 Å². The van der Waals surface area contributed by atoms with Gasteiger partial charge in [-0.2, -0.15) is 0 Å². The van der Waals surface area contributed by atoms with Crippen LogP contribution < -0.4 is 5.32 Å². The number of para-hydroxylation sites is 2. The third-order valence-electron chi connectivity index (χ3n) is 4.31. The highest BCUT2D eigenvalue weighted by atomic mass is 16.2. The highest BCUT2D eigenvalue weighted by Gasteiger charge is 2.22. The topological polar surface area (TPSA) is 46.9 Å². The number of amides is 1. The van der Waals surface area contributed by atoms with Crippen LogP contribution in [-0.4, -0.2) is 15.5 Å². The SMILES string of the molecule is CCCn1c(NC(=O)C2CCCCC2)nc2ccccc21. The van der Waals surface area contributed by atoms with E-state index in [1.165, 1.54) is 19.3 Å². The molecule has 1 aliphatic carbocycles. The van der Waals surface area contributed by atoms with Gasteiger partial charge in [-0.05, 0) is 31.4 Å². The lowest BCUT2D eigenvalue weighted by atomic mass is 9.89. The zero-order valence-electron chi connectivity index (χ0n) is 12.6. The zero-order chi connectivity index (χ0) is 14.7. The third-order valence-corrected chi connectivity index (χ3v) is 4.31. The fourth-order valence-electron chi connectivity index (χ4n) is 3.20. The van der Waals surface area contributed by atoms with Crippen molar-refractivity contribution in [1.82, 2.24) is 9.55 Å². The maximum absolute atomic E-state index is 12.4. The Bertz CT molecular complexity index is 626. The fourth-order valence-corrected chi connectivity index (χ4v) is 3.20. The lowest BCUT2D eigenvalue weighted by Crippen LogP contribution is -2.26. The van der Waals surface area contributed by atoms with Crippen LogP contribution in [0.1, 0.15) is 45.4 Å². The maximum atomic E-state index is 12.4. The molecule has 1 amide bonds. The van der Waals surface area contributed by atoms with Gasteiger partial charge in [0.05, 0.1) is 11.0 Å². The summed E-state index contributed by atoms with van der Waals surface area (Å²) in [5.41, 5.74) is 2.04. The van der Waals surface area contributed by atoms with Gasteiger partial charge in [0, 0.05) is 12.5 Å². The van der Waals surface area contributed by atoms with Gasteiger partial charge in [-0.1, -0.05) is 38.3 Å². The lowest BCUT2D eigenvalue weighted by molar-refractivity contribution is -0.120. The summed E-state index contributed by atoms with van der Waals surface area (Å²) in [6.07, 6.45) is 6.65. The molecule has 1 aromatic heterocycles. The maximum Gasteiger partial charge on any atom is 0.229 e. The van der Waals surface area contributed by atoms with Gasteiger partial charge >= 0.3 is 0 Å². The molecule has 21 heavy (non-hydrogen) atoms. The molecule has 0 saturated heterocycles. The van der Waals surface area contributed by atoms with Gasteiger partial charge in [-0.3, -0.25) is 10.1 Å². The lowest BCUT2D eigenvalue weighted by Gasteiger charge is -2.20. The smallest absolute Gasteiger partial charge is 0.229 e. The summed E-state index contributed by atoms with van der Waals surface area (Å²) < 4.78 is 2.12. The van der Waals surface area contributed by atoms with Gasteiger partial charge in [0.2, 0.25) is 11.9 Å². The van der Waals surface area contributed by atoms with Crippen LogP contribution in [0.4, 0.5) is 5.95 Å². The van der Waals surface area contributed by atoms with Gasteiger partial charge in [0.15, 0.2) is 0 Å². The third kappa shape index (κ3) is 2.94. The number of carbonyl (C=O) groups is 1. The Morgan fingerprint density at radius 3 is 2.81 bits per heavy atom. The molecule has 1 N–H and O–H groups in total. The number of aryl methyl sites for hydroxylation is 1. The number of hydrogen-bond acceptors (Lipinski definition) is 2. The molecule has 1 fully saturated rings. The molecular weight excluding hydrogens is 262 g/mol. The first kappa shape index (κ1) is 14.1. The van der Waals surface area contributed by atoms with Crippen LogP contribution in [0.2, 0.25) is 0 Å². The first-order valence-electron chi connectivity index (χ1n) is 8.05. The monoisotopic (exact) mass is 285 g/mol. The van der Waals surface area contributed by atoms with Crippen LogP contribution >= 0.6 is 0 Å². The van der Waals surface area contributed by atoms with Crippen molar-refractivity contribution in [1.29, 1.82) is 0 Å². The number of anilines is 1. The Morgan fingerprint density at radius 2 is 2.05 bits per heavy atom. The minimum atomic E-state index is 0.141. The number of imidazole rings is 1. The molecule has 0 spiro atoms. The van der Waals surface area contributed by atoms with E-state index in [0.717, 1.165) is 36.8 Å². The van der Waals surface area contributed by atoms with E-state index in [0.29, 0.717) is 5.95 Å². The van der Waals surface area contributed by atoms with Crippen LogP contribution in [0.5, 0.6) is 0 Å². The summed E-state index contributed by atoms with van der Waals surface area (Å²) in [6, 6.07) is 8.06. The van der Waals surface area contributed by atoms with Gasteiger partial charge < -0.3 is 4.57 Å². The molecule has 0 atom stereocenters. The predicted octanol–water partition coefficient (Wildman–Crippen LogP) is 3.97. The average Bonchev–Trinajstić information content (AvgIpc) is 2.86. The minimum absolute atomic E-state index is 0.141. The number of rotatable bonds is 4. The molecule has 1 saturated carbocycles. The Hall–Kier alpha value is -1.84. The molecule has 1 aromatic carbocycles. The van der Waals surface area contributed by atoms with Crippen molar-refractivity contribution >= 4 is 22.9 Å². The van der Waals surface area contributed by atoms with Gasteiger partial charge in [0.1, 0.15) is 0 Å². The quantitative estimate of drug-likeness (QED) is 0.924. The van der Waals surface area contributed by atoms with Crippen molar-refractivity contribution in [3.05, 3.63) is 24.3 Å². The second-order valence-electron chi connectivity index (χ2n) is 5.90. The largest absolute Gasteiger partial charge is 0.310 e. The summed E-state index contributed by atoms with van der Waals surface area (Å²) in [7, 11) is 0. The van der Waals surface area contributed by atoms with Crippen molar-refractivity contribution in [2.45, 2.75) is 52.0 Å². The highest BCUT2D eigenvalue weighted by Crippen LogP contribution is 2.26. The standard InChI is InChI=1S/C17H23N3O/c1-2-12-20-15-11-7-6-10-14(15)18-17(20)19-16(21)13-8-4-3-5-9-13/h6-7,10-11,13H,2-5,8-9,12H2,1H3,(H,18,19,21). The number of hydrogen-bond donors (Lipinski definition) is 1. The van der Waals surface area contributed by atoms with Crippen LogP contribution in [0.3, 0.4) is 0 Å². The molecule has 3 rings (SSSR count). The molecule has 1 heterocycles. The number of carbonyl (C=O) groups excluding carboxylic acids is 1. The zero-order valence-corrected chi connectivity index (χ0v) is 12.6. The molecule has 0 bridgehead atoms. The number of fused-ring (bicyclic) bond motifs is 1. The summed E-state index contributed by atoms with van der Waals surface area (Å²) in [4.78, 5) is 17.0.